The lowest BCUT2D eigenvalue weighted by atomic mass is 10.0. The van der Waals surface area contributed by atoms with Crippen LogP contribution >= 0.6 is 0 Å². The van der Waals surface area contributed by atoms with E-state index in [1.807, 2.05) is 0 Å². The molecule has 1 heterocycles. The number of nitrogens with one attached hydrogen (secondary N) is 1. The first-order valence-corrected chi connectivity index (χ1v) is 8.96. The average Bonchev–Trinajstić information content (AvgIpc) is 2.88. The van der Waals surface area contributed by atoms with Crippen LogP contribution in [0.1, 0.15) is 94.8 Å². The lowest BCUT2D eigenvalue weighted by Crippen LogP contribution is -2.00. The summed E-state index contributed by atoms with van der Waals surface area (Å²) >= 11 is 0. The van der Waals surface area contributed by atoms with Crippen LogP contribution in [0.25, 0.3) is 0 Å². The Bertz CT molecular complexity index is 344. The van der Waals surface area contributed by atoms with Gasteiger partial charge >= 0.3 is 0 Å². The molecule has 0 amide bonds. The van der Waals surface area contributed by atoms with E-state index < -0.39 is 0 Å². The minimum absolute atomic E-state index is 1.16. The molecule has 0 spiro atoms. The quantitative estimate of drug-likeness (QED) is 0.572. The van der Waals surface area contributed by atoms with Gasteiger partial charge in [0.1, 0.15) is 5.82 Å². The fourth-order valence-electron chi connectivity index (χ4n) is 3.23. The zero-order chi connectivity index (χ0) is 14.0. The normalized spacial score (nSPS) is 14.4. The molecule has 0 fully saturated rings. The summed E-state index contributed by atoms with van der Waals surface area (Å²) in [5.41, 5.74) is 2.80. The molecule has 1 aliphatic rings. The second-order valence-electron chi connectivity index (χ2n) is 6.39. The number of H-pyrrole nitrogens is 1. The molecule has 0 aromatic carbocycles. The lowest BCUT2D eigenvalue weighted by molar-refractivity contribution is 0.562. The van der Waals surface area contributed by atoms with Crippen LogP contribution in [-0.2, 0) is 19.3 Å². The third-order valence-electron chi connectivity index (χ3n) is 4.52. The first-order chi connectivity index (χ1) is 9.90. The minimum Gasteiger partial charge on any atom is -0.346 e. The van der Waals surface area contributed by atoms with E-state index in [1.54, 1.807) is 0 Å². The number of fused-ring (bicyclic) bond motifs is 1. The fraction of sp³-hybridized carbons (Fsp3) is 0.833. The van der Waals surface area contributed by atoms with Crippen LogP contribution in [-0.4, -0.2) is 9.97 Å². The summed E-state index contributed by atoms with van der Waals surface area (Å²) in [5.74, 6) is 1.25. The second-order valence-corrected chi connectivity index (χ2v) is 6.39. The van der Waals surface area contributed by atoms with Crippen LogP contribution in [0, 0.1) is 0 Å². The van der Waals surface area contributed by atoms with E-state index in [2.05, 4.69) is 11.9 Å². The van der Waals surface area contributed by atoms with Crippen molar-refractivity contribution in [1.29, 1.82) is 0 Å². The van der Waals surface area contributed by atoms with Crippen LogP contribution in [0.3, 0.4) is 0 Å². The van der Waals surface area contributed by atoms with Gasteiger partial charge in [0.25, 0.3) is 0 Å². The van der Waals surface area contributed by atoms with Crippen LogP contribution in [0.5, 0.6) is 0 Å². The highest BCUT2D eigenvalue weighted by molar-refractivity contribution is 5.17. The van der Waals surface area contributed by atoms with E-state index in [9.17, 15) is 0 Å². The van der Waals surface area contributed by atoms with Crippen molar-refractivity contribution < 1.29 is 0 Å². The maximum Gasteiger partial charge on any atom is 0.106 e. The molecule has 1 N–H and O–H groups in total. The van der Waals surface area contributed by atoms with Gasteiger partial charge in [-0.1, -0.05) is 58.3 Å². The Morgan fingerprint density at radius 1 is 0.850 bits per heavy atom. The molecule has 114 valence electrons. The number of aromatic amines is 1. The van der Waals surface area contributed by atoms with Gasteiger partial charge in [0.05, 0.1) is 5.69 Å². The minimum atomic E-state index is 1.16. The number of hydrogen-bond donors (Lipinski definition) is 1. The maximum absolute atomic E-state index is 4.76. The number of hydrogen-bond acceptors (Lipinski definition) is 1. The third-order valence-corrected chi connectivity index (χ3v) is 4.52. The summed E-state index contributed by atoms with van der Waals surface area (Å²) in [5, 5.41) is 0. The van der Waals surface area contributed by atoms with E-state index in [0.29, 0.717) is 0 Å². The molecule has 1 aromatic rings. The van der Waals surface area contributed by atoms with Gasteiger partial charge in [0.15, 0.2) is 0 Å². The van der Waals surface area contributed by atoms with Gasteiger partial charge in [-0.05, 0) is 32.1 Å². The monoisotopic (exact) mass is 276 g/mol. The summed E-state index contributed by atoms with van der Waals surface area (Å²) < 4.78 is 0. The third kappa shape index (κ3) is 5.30. The predicted octanol–water partition coefficient (Wildman–Crippen LogP) is 5.36. The number of unbranched alkanes of at least 4 members (excludes halogenated alkanes) is 8. The van der Waals surface area contributed by atoms with E-state index >= 15 is 0 Å². The first-order valence-electron chi connectivity index (χ1n) is 8.96. The number of imidazole rings is 1. The van der Waals surface area contributed by atoms with Crippen LogP contribution in [0.15, 0.2) is 0 Å². The van der Waals surface area contributed by atoms with Gasteiger partial charge < -0.3 is 4.98 Å². The van der Waals surface area contributed by atoms with Crippen molar-refractivity contribution in [1.82, 2.24) is 9.97 Å². The zero-order valence-electron chi connectivity index (χ0n) is 13.3. The van der Waals surface area contributed by atoms with Crippen molar-refractivity contribution >= 4 is 0 Å². The highest BCUT2D eigenvalue weighted by atomic mass is 14.9. The maximum atomic E-state index is 4.76. The van der Waals surface area contributed by atoms with Gasteiger partial charge in [-0.15, -0.1) is 0 Å². The van der Waals surface area contributed by atoms with E-state index in [1.165, 1.54) is 101 Å². The largest absolute Gasteiger partial charge is 0.346 e. The molecular formula is C18H32N2. The standard InChI is InChI=1S/C18H32N2/c1-2-3-4-5-6-7-8-9-10-15-18-19-16-13-11-12-14-17(16)20-18/h2-15H2,1H3,(H,19,20). The lowest BCUT2D eigenvalue weighted by Gasteiger charge is -2.07. The topological polar surface area (TPSA) is 28.7 Å². The molecule has 0 saturated heterocycles. The Labute approximate surface area is 124 Å². The molecule has 0 saturated carbocycles. The van der Waals surface area contributed by atoms with Crippen molar-refractivity contribution in [3.8, 4) is 0 Å². The molecule has 0 radical (unpaired) electrons. The van der Waals surface area contributed by atoms with Gasteiger partial charge in [0, 0.05) is 12.1 Å². The smallest absolute Gasteiger partial charge is 0.106 e. The molecule has 0 bridgehead atoms. The fourth-order valence-corrected chi connectivity index (χ4v) is 3.23. The van der Waals surface area contributed by atoms with Crippen molar-refractivity contribution in [2.75, 3.05) is 0 Å². The Morgan fingerprint density at radius 3 is 2.20 bits per heavy atom. The number of nitrogens with zero attached hydrogens (tertiary/aromatic N) is 1. The zero-order valence-corrected chi connectivity index (χ0v) is 13.3. The Kier molecular flexibility index (Phi) is 7.18. The number of rotatable bonds is 10. The first kappa shape index (κ1) is 15.6. The molecule has 0 atom stereocenters. The van der Waals surface area contributed by atoms with Gasteiger partial charge in [-0.25, -0.2) is 4.98 Å². The molecule has 20 heavy (non-hydrogen) atoms. The summed E-state index contributed by atoms with van der Waals surface area (Å²) in [6.45, 7) is 2.28. The Morgan fingerprint density at radius 2 is 1.50 bits per heavy atom. The molecule has 1 aromatic heterocycles. The average molecular weight is 276 g/mol. The molecule has 0 unspecified atom stereocenters. The van der Waals surface area contributed by atoms with Gasteiger partial charge in [-0.3, -0.25) is 0 Å². The predicted molar refractivity (Wildman–Crippen MR) is 86.2 cm³/mol. The van der Waals surface area contributed by atoms with Crippen LogP contribution in [0.4, 0.5) is 0 Å². The van der Waals surface area contributed by atoms with Crippen molar-refractivity contribution in [3.63, 3.8) is 0 Å². The SMILES string of the molecule is CCCCCCCCCCCc1nc2c([nH]1)CCCC2. The summed E-state index contributed by atoms with van der Waals surface area (Å²) in [6, 6.07) is 0. The summed E-state index contributed by atoms with van der Waals surface area (Å²) in [6.07, 6.45) is 18.9. The summed E-state index contributed by atoms with van der Waals surface area (Å²) in [7, 11) is 0. The molecule has 0 aliphatic heterocycles. The van der Waals surface area contributed by atoms with E-state index in [-0.39, 0.29) is 0 Å². The van der Waals surface area contributed by atoms with Gasteiger partial charge in [-0.2, -0.15) is 0 Å². The van der Waals surface area contributed by atoms with E-state index in [0.717, 1.165) is 6.42 Å². The molecule has 2 heteroatoms. The molecule has 1 aliphatic carbocycles. The second kappa shape index (κ2) is 9.20. The number of aromatic nitrogens is 2. The van der Waals surface area contributed by atoms with E-state index in [4.69, 9.17) is 4.98 Å². The van der Waals surface area contributed by atoms with Crippen molar-refractivity contribution in [3.05, 3.63) is 17.2 Å². The van der Waals surface area contributed by atoms with Crippen LogP contribution in [0.2, 0.25) is 0 Å². The number of aryl methyl sites for hydroxylation is 3. The molecule has 2 nitrogen and oxygen atoms in total. The summed E-state index contributed by atoms with van der Waals surface area (Å²) in [4.78, 5) is 8.31. The highest BCUT2D eigenvalue weighted by Gasteiger charge is 2.13. The Balaban J connectivity index is 1.50. The van der Waals surface area contributed by atoms with Gasteiger partial charge in [0.2, 0.25) is 0 Å². The Hall–Kier alpha value is -0.790. The van der Waals surface area contributed by atoms with Crippen molar-refractivity contribution in [2.45, 2.75) is 96.8 Å². The van der Waals surface area contributed by atoms with Crippen LogP contribution < -0.4 is 0 Å². The highest BCUT2D eigenvalue weighted by Crippen LogP contribution is 2.19. The van der Waals surface area contributed by atoms with Crippen molar-refractivity contribution in [2.24, 2.45) is 0 Å². The molecular weight excluding hydrogens is 244 g/mol. The molecule has 2 rings (SSSR count).